The smallest absolute Gasteiger partial charge is 0.264 e. The summed E-state index contributed by atoms with van der Waals surface area (Å²) < 4.78 is 64.1. The first-order chi connectivity index (χ1) is 25.1. The second-order valence-electron chi connectivity index (χ2n) is 15.3. The van der Waals surface area contributed by atoms with Gasteiger partial charge in [0, 0.05) is 35.0 Å². The van der Waals surface area contributed by atoms with Crippen molar-refractivity contribution in [2.75, 3.05) is 29.5 Å². The van der Waals surface area contributed by atoms with E-state index in [9.17, 15) is 25.9 Å². The number of unbranched alkanes of at least 4 members (excludes halogenated alkanes) is 2. The highest BCUT2D eigenvalue weighted by Gasteiger charge is 2.48. The minimum Gasteiger partial charge on any atom is -0.344 e. The number of quaternary nitrogens is 1. The molecule has 0 bridgehead atoms. The van der Waals surface area contributed by atoms with Gasteiger partial charge in [-0.1, -0.05) is 98.8 Å². The molecule has 2 aliphatic rings. The summed E-state index contributed by atoms with van der Waals surface area (Å²) in [5.74, 6) is -0.480. The minimum atomic E-state index is -4.01. The van der Waals surface area contributed by atoms with Crippen LogP contribution in [-0.2, 0) is 31.1 Å². The second kappa shape index (κ2) is 15.4. The van der Waals surface area contributed by atoms with Crippen LogP contribution in [0.25, 0.3) is 21.5 Å². The van der Waals surface area contributed by atoms with Gasteiger partial charge in [-0.2, -0.15) is 16.8 Å². The Morgan fingerprint density at radius 2 is 1.25 bits per heavy atom. The fourth-order valence-electron chi connectivity index (χ4n) is 8.58. The van der Waals surface area contributed by atoms with E-state index in [-0.39, 0.29) is 28.4 Å². The maximum atomic E-state index is 11.4. The molecule has 0 radical (unpaired) electrons. The lowest BCUT2D eigenvalue weighted by Crippen LogP contribution is -3.10. The molecule has 53 heavy (non-hydrogen) atoms. The zero-order chi connectivity index (χ0) is 38.0. The second-order valence-corrected chi connectivity index (χ2v) is 18.5. The number of anilines is 1. The molecule has 0 aliphatic carbocycles. The third-order valence-electron chi connectivity index (χ3n) is 11.0. The van der Waals surface area contributed by atoms with Crippen molar-refractivity contribution in [1.29, 1.82) is 0 Å². The Labute approximate surface area is 314 Å². The van der Waals surface area contributed by atoms with Gasteiger partial charge in [-0.15, -0.1) is 0 Å². The molecule has 0 fully saturated rings. The summed E-state index contributed by atoms with van der Waals surface area (Å²) in [5.41, 5.74) is 5.58. The fraction of sp³-hybridized carbons (Fsp3) is 0.349. The molecule has 2 heterocycles. The minimum absolute atomic E-state index is 0.117. The van der Waals surface area contributed by atoms with Crippen LogP contribution in [0.1, 0.15) is 64.5 Å². The lowest BCUT2D eigenvalue weighted by molar-refractivity contribution is -0.850. The van der Waals surface area contributed by atoms with Crippen molar-refractivity contribution < 1.29 is 30.8 Å². The van der Waals surface area contributed by atoms with Crippen LogP contribution in [0.5, 0.6) is 0 Å². The molecule has 280 valence electrons. The average molecular weight is 756 g/mol. The van der Waals surface area contributed by atoms with E-state index in [4.69, 9.17) is 0 Å². The molecule has 6 rings (SSSR count). The largest absolute Gasteiger partial charge is 0.344 e. The first-order valence-electron chi connectivity index (χ1n) is 18.4. The van der Waals surface area contributed by atoms with Crippen molar-refractivity contribution in [2.45, 2.75) is 70.3 Å². The lowest BCUT2D eigenvalue weighted by Gasteiger charge is -2.27. The van der Waals surface area contributed by atoms with Crippen LogP contribution in [-0.4, -0.2) is 56.6 Å². The molecule has 0 saturated heterocycles. The fourth-order valence-corrected chi connectivity index (χ4v) is 9.72. The molecule has 0 saturated carbocycles. The summed E-state index contributed by atoms with van der Waals surface area (Å²) >= 11 is 0. The van der Waals surface area contributed by atoms with Crippen LogP contribution >= 0.6 is 0 Å². The van der Waals surface area contributed by atoms with Crippen molar-refractivity contribution in [3.8, 4) is 0 Å². The Balaban J connectivity index is 1.23. The van der Waals surface area contributed by atoms with Crippen LogP contribution in [0, 0.1) is 0 Å². The number of hydrogen-bond donors (Lipinski definition) is 3. The number of benzene rings is 4. The van der Waals surface area contributed by atoms with Crippen LogP contribution < -0.4 is 9.80 Å². The lowest BCUT2D eigenvalue weighted by atomic mass is 9.78. The summed E-state index contributed by atoms with van der Waals surface area (Å²) in [7, 11) is -8.00. The summed E-state index contributed by atoms with van der Waals surface area (Å²) in [5, 5.41) is 4.82. The molecule has 0 aromatic heterocycles. The van der Waals surface area contributed by atoms with E-state index in [2.05, 4.69) is 124 Å². The first kappa shape index (κ1) is 38.7. The maximum absolute atomic E-state index is 11.4. The number of nitrogens with one attached hydrogen (secondary N) is 1. The van der Waals surface area contributed by atoms with Gasteiger partial charge in [0.2, 0.25) is 0 Å². The topological polar surface area (TPSA) is 116 Å². The standard InChI is InChI=1S/C43H50N2O6S2/c1-42(2)38(44(28-14-16-30-52(46,47)48)36-26-24-32-18-10-12-20-34(32)40(36)42)22-8-6-5-7-9-23-39-43(3,4)41-35-21-13-11-19-33(35)25-27-37(41)45(39)29-15-17-31-53(49,50)51/h5-13,18-27,38H,14-17,28-31H2,1-4H3,(H,46,47,48)(H,49,50,51)/p+1. The van der Waals surface area contributed by atoms with Gasteiger partial charge < -0.3 is 4.90 Å². The van der Waals surface area contributed by atoms with Gasteiger partial charge >= 0.3 is 0 Å². The molecule has 3 N–H and O–H groups in total. The highest BCUT2D eigenvalue weighted by Crippen LogP contribution is 2.51. The molecule has 10 heteroatoms. The summed E-state index contributed by atoms with van der Waals surface area (Å²) in [6.07, 6.45) is 16.7. The molecule has 0 spiro atoms. The molecule has 2 unspecified atom stereocenters. The number of rotatable bonds is 14. The van der Waals surface area contributed by atoms with Crippen molar-refractivity contribution in [1.82, 2.24) is 0 Å². The highest BCUT2D eigenvalue weighted by atomic mass is 32.2. The molecular weight excluding hydrogens is 705 g/mol. The van der Waals surface area contributed by atoms with E-state index in [0.717, 1.165) is 17.9 Å². The third kappa shape index (κ3) is 8.37. The Morgan fingerprint density at radius 1 is 0.679 bits per heavy atom. The van der Waals surface area contributed by atoms with Gasteiger partial charge in [0.05, 0.1) is 23.5 Å². The average Bonchev–Trinajstić information content (AvgIpc) is 3.45. The molecule has 0 amide bonds. The van der Waals surface area contributed by atoms with Gasteiger partial charge in [0.15, 0.2) is 0 Å². The Kier molecular flexibility index (Phi) is 11.2. The Bertz CT molecular complexity index is 2340. The number of hydrogen-bond acceptors (Lipinski definition) is 5. The molecule has 2 atom stereocenters. The third-order valence-corrected chi connectivity index (χ3v) is 12.6. The van der Waals surface area contributed by atoms with Gasteiger partial charge in [0.1, 0.15) is 11.7 Å². The monoisotopic (exact) mass is 755 g/mol. The zero-order valence-corrected chi connectivity index (χ0v) is 32.6. The van der Waals surface area contributed by atoms with E-state index in [1.807, 2.05) is 24.3 Å². The van der Waals surface area contributed by atoms with Crippen LogP contribution in [0.4, 0.5) is 11.4 Å². The normalized spacial score (nSPS) is 20.5. The van der Waals surface area contributed by atoms with Crippen molar-refractivity contribution in [3.63, 3.8) is 0 Å². The van der Waals surface area contributed by atoms with Crippen molar-refractivity contribution in [3.05, 3.63) is 132 Å². The molecule has 2 aliphatic heterocycles. The molecule has 4 aromatic carbocycles. The van der Waals surface area contributed by atoms with Gasteiger partial charge in [-0.25, -0.2) is 0 Å². The predicted octanol–water partition coefficient (Wildman–Crippen LogP) is 7.86. The summed E-state index contributed by atoms with van der Waals surface area (Å²) in [4.78, 5) is 3.58. The van der Waals surface area contributed by atoms with E-state index < -0.39 is 20.2 Å². The summed E-state index contributed by atoms with van der Waals surface area (Å²) in [6, 6.07) is 25.6. The number of nitrogens with zero attached hydrogens (tertiary/aromatic N) is 1. The Hall–Kier alpha value is -4.06. The Morgan fingerprint density at radius 3 is 1.91 bits per heavy atom. The SMILES string of the molecule is CC1(C)C(=CC=CC=CC=CC2[NH+](CCCCS(=O)(=O)O)c3ccc4ccccc4c3C2(C)C)N(CCCCS(=O)(=O)O)c2ccc3ccccc3c21. The number of fused-ring (bicyclic) bond motifs is 6. The predicted molar refractivity (Wildman–Crippen MR) is 217 cm³/mol. The number of allylic oxidation sites excluding steroid dienone is 7. The highest BCUT2D eigenvalue weighted by molar-refractivity contribution is 7.86. The van der Waals surface area contributed by atoms with Gasteiger partial charge in [-0.3, -0.25) is 14.0 Å². The van der Waals surface area contributed by atoms with E-state index >= 15 is 0 Å². The van der Waals surface area contributed by atoms with Crippen molar-refractivity contribution in [2.24, 2.45) is 0 Å². The quantitative estimate of drug-likeness (QED) is 0.0682. The molecule has 8 nitrogen and oxygen atoms in total. The summed E-state index contributed by atoms with van der Waals surface area (Å²) in [6.45, 7) is 10.4. The van der Waals surface area contributed by atoms with E-state index in [1.54, 1.807) is 0 Å². The van der Waals surface area contributed by atoms with Gasteiger partial charge in [-0.05, 0) is 90.9 Å². The zero-order valence-electron chi connectivity index (χ0n) is 31.0. The van der Waals surface area contributed by atoms with Gasteiger partial charge in [0.25, 0.3) is 20.2 Å². The van der Waals surface area contributed by atoms with Crippen LogP contribution in [0.15, 0.2) is 121 Å². The van der Waals surface area contributed by atoms with Crippen LogP contribution in [0.2, 0.25) is 0 Å². The maximum Gasteiger partial charge on any atom is 0.264 e. The molecule has 4 aromatic rings. The van der Waals surface area contributed by atoms with Crippen molar-refractivity contribution >= 4 is 53.2 Å². The van der Waals surface area contributed by atoms with Crippen LogP contribution in [0.3, 0.4) is 0 Å². The first-order valence-corrected chi connectivity index (χ1v) is 21.6. The van der Waals surface area contributed by atoms with E-state index in [0.29, 0.717) is 32.2 Å². The van der Waals surface area contributed by atoms with E-state index in [1.165, 1.54) is 43.3 Å². The molecular formula is C43H51N2O6S2+.